The SMILES string of the molecule is CC(O)C(C)(C)Nc1cc(C(F)(F)F)cc(NN)n1. The molecule has 0 bridgehead atoms. The molecule has 5 nitrogen and oxygen atoms in total. The molecular formula is C11H17F3N4O. The van der Waals surface area contributed by atoms with Crippen LogP contribution in [0.2, 0.25) is 0 Å². The van der Waals surface area contributed by atoms with Crippen LogP contribution in [0.5, 0.6) is 0 Å². The van der Waals surface area contributed by atoms with Crippen molar-refractivity contribution in [3.8, 4) is 0 Å². The molecule has 0 aliphatic carbocycles. The third kappa shape index (κ3) is 3.97. The summed E-state index contributed by atoms with van der Waals surface area (Å²) in [6.07, 6.45) is -5.28. The van der Waals surface area contributed by atoms with E-state index in [1.54, 1.807) is 13.8 Å². The minimum Gasteiger partial charge on any atom is -0.391 e. The number of hydrogen-bond acceptors (Lipinski definition) is 5. The summed E-state index contributed by atoms with van der Waals surface area (Å²) in [5.41, 5.74) is 0.375. The molecule has 1 aromatic heterocycles. The fourth-order valence-corrected chi connectivity index (χ4v) is 1.27. The average Bonchev–Trinajstić information content (AvgIpc) is 2.26. The third-order valence-electron chi connectivity index (χ3n) is 2.80. The maximum atomic E-state index is 12.7. The highest BCUT2D eigenvalue weighted by atomic mass is 19.4. The Balaban J connectivity index is 3.15. The summed E-state index contributed by atoms with van der Waals surface area (Å²) >= 11 is 0. The van der Waals surface area contributed by atoms with E-state index in [2.05, 4.69) is 15.7 Å². The summed E-state index contributed by atoms with van der Waals surface area (Å²) in [6, 6.07) is 1.67. The Bertz CT molecular complexity index is 446. The fraction of sp³-hybridized carbons (Fsp3) is 0.545. The van der Waals surface area contributed by atoms with Crippen molar-refractivity contribution in [1.82, 2.24) is 4.98 Å². The summed E-state index contributed by atoms with van der Waals surface area (Å²) < 4.78 is 38.1. The minimum atomic E-state index is -4.50. The Hall–Kier alpha value is -1.54. The zero-order chi connectivity index (χ0) is 14.8. The van der Waals surface area contributed by atoms with Crippen LogP contribution in [-0.2, 0) is 6.18 Å². The summed E-state index contributed by atoms with van der Waals surface area (Å²) in [7, 11) is 0. The summed E-state index contributed by atoms with van der Waals surface area (Å²) in [5.74, 6) is 4.97. The van der Waals surface area contributed by atoms with Crippen LogP contribution in [0.4, 0.5) is 24.8 Å². The Kier molecular flexibility index (Phi) is 4.26. The van der Waals surface area contributed by atoms with E-state index >= 15 is 0 Å². The number of aliphatic hydroxyl groups is 1. The molecule has 5 N–H and O–H groups in total. The van der Waals surface area contributed by atoms with Crippen molar-refractivity contribution >= 4 is 11.6 Å². The highest BCUT2D eigenvalue weighted by molar-refractivity contribution is 5.50. The lowest BCUT2D eigenvalue weighted by molar-refractivity contribution is -0.137. The second-order valence-electron chi connectivity index (χ2n) is 4.79. The lowest BCUT2D eigenvalue weighted by Gasteiger charge is -2.30. The standard InChI is InChI=1S/C11H17F3N4O/c1-6(19)10(2,3)17-8-4-7(11(12,13)14)5-9(16-8)18-15/h4-6,19H,15H2,1-3H3,(H2,16,17,18). The lowest BCUT2D eigenvalue weighted by atomic mass is 9.99. The van der Waals surface area contributed by atoms with Gasteiger partial charge in [0, 0.05) is 0 Å². The number of hydrogen-bond donors (Lipinski definition) is 4. The second kappa shape index (κ2) is 5.22. The number of rotatable bonds is 4. The maximum absolute atomic E-state index is 12.7. The lowest BCUT2D eigenvalue weighted by Crippen LogP contribution is -2.42. The fourth-order valence-electron chi connectivity index (χ4n) is 1.27. The van der Waals surface area contributed by atoms with Gasteiger partial charge in [-0.05, 0) is 32.9 Å². The van der Waals surface area contributed by atoms with Gasteiger partial charge in [-0.15, -0.1) is 0 Å². The van der Waals surface area contributed by atoms with Gasteiger partial charge in [0.25, 0.3) is 0 Å². The van der Waals surface area contributed by atoms with Crippen molar-refractivity contribution in [2.24, 2.45) is 5.84 Å². The molecule has 0 spiro atoms. The normalized spacial score (nSPS) is 14.1. The first-order chi connectivity index (χ1) is 8.56. The van der Waals surface area contributed by atoms with Gasteiger partial charge >= 0.3 is 6.18 Å². The van der Waals surface area contributed by atoms with E-state index in [-0.39, 0.29) is 11.6 Å². The molecule has 8 heteroatoms. The van der Waals surface area contributed by atoms with Gasteiger partial charge in [0.1, 0.15) is 11.6 Å². The first-order valence-corrected chi connectivity index (χ1v) is 5.58. The van der Waals surface area contributed by atoms with Gasteiger partial charge in [-0.3, -0.25) is 0 Å². The topological polar surface area (TPSA) is 83.2 Å². The van der Waals surface area contributed by atoms with E-state index in [1.165, 1.54) is 6.92 Å². The molecule has 0 fully saturated rings. The Morgan fingerprint density at radius 2 is 1.79 bits per heavy atom. The van der Waals surface area contributed by atoms with Gasteiger partial charge in [-0.25, -0.2) is 10.8 Å². The van der Waals surface area contributed by atoms with Gasteiger partial charge < -0.3 is 15.8 Å². The molecule has 1 atom stereocenters. The van der Waals surface area contributed by atoms with Crippen LogP contribution < -0.4 is 16.6 Å². The quantitative estimate of drug-likeness (QED) is 0.500. The molecule has 0 aliphatic rings. The highest BCUT2D eigenvalue weighted by Crippen LogP contribution is 2.32. The highest BCUT2D eigenvalue weighted by Gasteiger charge is 2.32. The molecule has 0 saturated heterocycles. The van der Waals surface area contributed by atoms with Gasteiger partial charge in [0.15, 0.2) is 0 Å². The molecule has 0 aromatic carbocycles. The molecule has 0 amide bonds. The van der Waals surface area contributed by atoms with Gasteiger partial charge in [0.05, 0.1) is 17.2 Å². The Labute approximate surface area is 109 Å². The number of aromatic nitrogens is 1. The molecule has 1 heterocycles. The number of pyridine rings is 1. The van der Waals surface area contributed by atoms with Crippen molar-refractivity contribution in [1.29, 1.82) is 0 Å². The monoisotopic (exact) mass is 278 g/mol. The zero-order valence-electron chi connectivity index (χ0n) is 10.8. The number of nitrogens with zero attached hydrogens (tertiary/aromatic N) is 1. The molecule has 19 heavy (non-hydrogen) atoms. The molecular weight excluding hydrogens is 261 g/mol. The number of hydrazine groups is 1. The minimum absolute atomic E-state index is 0.0197. The number of anilines is 2. The number of alkyl halides is 3. The number of nitrogens with two attached hydrogens (primary N) is 1. The van der Waals surface area contributed by atoms with Gasteiger partial charge in [0.2, 0.25) is 0 Å². The van der Waals surface area contributed by atoms with Crippen molar-refractivity contribution in [3.63, 3.8) is 0 Å². The predicted molar refractivity (Wildman–Crippen MR) is 66.4 cm³/mol. The maximum Gasteiger partial charge on any atom is 0.416 e. The molecule has 0 aliphatic heterocycles. The summed E-state index contributed by atoms with van der Waals surface area (Å²) in [6.45, 7) is 4.83. The van der Waals surface area contributed by atoms with Crippen LogP contribution in [0.3, 0.4) is 0 Å². The largest absolute Gasteiger partial charge is 0.416 e. The summed E-state index contributed by atoms with van der Waals surface area (Å²) in [5, 5.41) is 12.3. The van der Waals surface area contributed by atoms with E-state index in [1.807, 2.05) is 0 Å². The van der Waals surface area contributed by atoms with Crippen molar-refractivity contribution in [3.05, 3.63) is 17.7 Å². The van der Waals surface area contributed by atoms with Crippen molar-refractivity contribution < 1.29 is 18.3 Å². The number of nitrogens with one attached hydrogen (secondary N) is 2. The molecule has 0 radical (unpaired) electrons. The number of nitrogen functional groups attached to an aromatic ring is 1. The van der Waals surface area contributed by atoms with Crippen molar-refractivity contribution in [2.45, 2.75) is 38.6 Å². The van der Waals surface area contributed by atoms with Crippen LogP contribution in [0.25, 0.3) is 0 Å². The van der Waals surface area contributed by atoms with Gasteiger partial charge in [-0.2, -0.15) is 13.2 Å². The van der Waals surface area contributed by atoms with E-state index in [0.29, 0.717) is 0 Å². The molecule has 108 valence electrons. The third-order valence-corrected chi connectivity index (χ3v) is 2.80. The molecule has 1 rings (SSSR count). The van der Waals surface area contributed by atoms with Crippen molar-refractivity contribution in [2.75, 3.05) is 10.7 Å². The molecule has 1 aromatic rings. The van der Waals surface area contributed by atoms with Crippen LogP contribution in [0.15, 0.2) is 12.1 Å². The van der Waals surface area contributed by atoms with Crippen LogP contribution in [0.1, 0.15) is 26.3 Å². The van der Waals surface area contributed by atoms with E-state index in [4.69, 9.17) is 5.84 Å². The molecule has 1 unspecified atom stereocenters. The smallest absolute Gasteiger partial charge is 0.391 e. The second-order valence-corrected chi connectivity index (χ2v) is 4.79. The van der Waals surface area contributed by atoms with E-state index in [0.717, 1.165) is 12.1 Å². The first kappa shape index (κ1) is 15.5. The number of aliphatic hydroxyl groups excluding tert-OH is 1. The molecule has 0 saturated carbocycles. The average molecular weight is 278 g/mol. The van der Waals surface area contributed by atoms with E-state index in [9.17, 15) is 18.3 Å². The Morgan fingerprint density at radius 3 is 2.21 bits per heavy atom. The zero-order valence-corrected chi connectivity index (χ0v) is 10.8. The van der Waals surface area contributed by atoms with Crippen LogP contribution in [0, 0.1) is 0 Å². The number of halogens is 3. The van der Waals surface area contributed by atoms with Gasteiger partial charge in [-0.1, -0.05) is 0 Å². The Morgan fingerprint density at radius 1 is 1.26 bits per heavy atom. The van der Waals surface area contributed by atoms with E-state index < -0.39 is 23.4 Å². The predicted octanol–water partition coefficient (Wildman–Crippen LogP) is 1.96. The van der Waals surface area contributed by atoms with Crippen LogP contribution in [-0.4, -0.2) is 21.7 Å². The van der Waals surface area contributed by atoms with Crippen LogP contribution >= 0.6 is 0 Å². The first-order valence-electron chi connectivity index (χ1n) is 5.58. The summed E-state index contributed by atoms with van der Waals surface area (Å²) in [4.78, 5) is 3.87.